The molecule has 2 nitrogen and oxygen atoms in total. The molecule has 0 spiro atoms. The number of anilines is 1. The first-order valence-electron chi connectivity index (χ1n) is 5.85. The number of carbonyl (C=O) groups is 1. The fraction of sp³-hybridized carbons (Fsp3) is 0.133. The maximum absolute atomic E-state index is 12.5. The lowest BCUT2D eigenvalue weighted by Crippen LogP contribution is -2.32. The second-order valence-corrected chi connectivity index (χ2v) is 5.40. The summed E-state index contributed by atoms with van der Waals surface area (Å²) in [5, 5.41) is -0.148. The standard InChI is InChI=1S/C15H13NOS/c1-16-12-9-5-6-10-13(12)18-15(16)14(17)11-7-3-2-4-8-11/h2-10,15H,1H3. The quantitative estimate of drug-likeness (QED) is 0.767. The zero-order valence-corrected chi connectivity index (χ0v) is 10.9. The number of nitrogens with zero attached hydrogens (tertiary/aromatic N) is 1. The normalized spacial score (nSPS) is 17.6. The third-order valence-corrected chi connectivity index (χ3v) is 4.47. The average molecular weight is 255 g/mol. The van der Waals surface area contributed by atoms with Gasteiger partial charge >= 0.3 is 0 Å². The Kier molecular flexibility index (Phi) is 2.84. The van der Waals surface area contributed by atoms with Crippen molar-refractivity contribution in [1.29, 1.82) is 0 Å². The van der Waals surface area contributed by atoms with Gasteiger partial charge in [-0.2, -0.15) is 0 Å². The maximum atomic E-state index is 12.5. The summed E-state index contributed by atoms with van der Waals surface area (Å²) < 4.78 is 0. The van der Waals surface area contributed by atoms with Gasteiger partial charge in [0.1, 0.15) is 5.37 Å². The van der Waals surface area contributed by atoms with Crippen molar-refractivity contribution in [3.8, 4) is 0 Å². The molecular formula is C15H13NOS. The fourth-order valence-electron chi connectivity index (χ4n) is 2.15. The molecule has 0 bridgehead atoms. The number of carbonyl (C=O) groups excluding carboxylic acids is 1. The van der Waals surface area contributed by atoms with Crippen LogP contribution in [0.2, 0.25) is 0 Å². The monoisotopic (exact) mass is 255 g/mol. The smallest absolute Gasteiger partial charge is 0.195 e. The average Bonchev–Trinajstić information content (AvgIpc) is 2.77. The molecule has 0 fully saturated rings. The van der Waals surface area contributed by atoms with Crippen molar-refractivity contribution in [2.24, 2.45) is 0 Å². The van der Waals surface area contributed by atoms with Crippen LogP contribution in [-0.2, 0) is 0 Å². The number of hydrogen-bond donors (Lipinski definition) is 0. The molecule has 1 heterocycles. The molecule has 0 saturated carbocycles. The molecule has 1 aliphatic rings. The highest BCUT2D eigenvalue weighted by Gasteiger charge is 2.32. The molecule has 18 heavy (non-hydrogen) atoms. The van der Waals surface area contributed by atoms with Gasteiger partial charge in [-0.1, -0.05) is 54.2 Å². The SMILES string of the molecule is CN1c2ccccc2SC1C(=O)c1ccccc1. The summed E-state index contributed by atoms with van der Waals surface area (Å²) in [6, 6.07) is 17.6. The summed E-state index contributed by atoms with van der Waals surface area (Å²) in [6.07, 6.45) is 0. The van der Waals surface area contributed by atoms with E-state index in [0.717, 1.165) is 11.3 Å². The molecule has 3 heteroatoms. The third-order valence-electron chi connectivity index (χ3n) is 3.12. The number of hydrogen-bond acceptors (Lipinski definition) is 3. The first kappa shape index (κ1) is 11.4. The predicted molar refractivity (Wildman–Crippen MR) is 75.3 cm³/mol. The van der Waals surface area contributed by atoms with Gasteiger partial charge in [0.15, 0.2) is 5.78 Å². The van der Waals surface area contributed by atoms with E-state index in [1.807, 2.05) is 49.5 Å². The number of likely N-dealkylation sites (N-methyl/N-ethyl adjacent to an activating group) is 1. The Bertz CT molecular complexity index is 582. The van der Waals surface area contributed by atoms with Crippen molar-refractivity contribution in [2.45, 2.75) is 10.3 Å². The summed E-state index contributed by atoms with van der Waals surface area (Å²) in [5.41, 5.74) is 1.91. The molecule has 0 radical (unpaired) electrons. The van der Waals surface area contributed by atoms with Crippen molar-refractivity contribution in [1.82, 2.24) is 0 Å². The molecule has 1 aliphatic heterocycles. The fourth-order valence-corrected chi connectivity index (χ4v) is 3.39. The van der Waals surface area contributed by atoms with E-state index >= 15 is 0 Å². The third kappa shape index (κ3) is 1.81. The molecule has 3 rings (SSSR count). The molecule has 0 saturated heterocycles. The number of ketones is 1. The van der Waals surface area contributed by atoms with Crippen LogP contribution in [0.25, 0.3) is 0 Å². The molecule has 2 aromatic carbocycles. The number of benzene rings is 2. The van der Waals surface area contributed by atoms with Crippen molar-refractivity contribution < 1.29 is 4.79 Å². The summed E-state index contributed by atoms with van der Waals surface area (Å²) in [5.74, 6) is 0.166. The zero-order chi connectivity index (χ0) is 12.5. The lowest BCUT2D eigenvalue weighted by atomic mass is 10.1. The Morgan fingerprint density at radius 2 is 1.72 bits per heavy atom. The number of Topliss-reactive ketones (excluding diaryl/α,β-unsaturated/α-hetero) is 1. The largest absolute Gasteiger partial charge is 0.355 e. The summed E-state index contributed by atoms with van der Waals surface area (Å²) >= 11 is 1.62. The Morgan fingerprint density at radius 3 is 2.44 bits per heavy atom. The molecule has 0 aliphatic carbocycles. The van der Waals surface area contributed by atoms with E-state index in [1.165, 1.54) is 4.90 Å². The van der Waals surface area contributed by atoms with Crippen LogP contribution >= 0.6 is 11.8 Å². The zero-order valence-electron chi connectivity index (χ0n) is 10.0. The molecule has 0 aromatic heterocycles. The van der Waals surface area contributed by atoms with Gasteiger partial charge in [-0.15, -0.1) is 0 Å². The Balaban J connectivity index is 1.91. The predicted octanol–water partition coefficient (Wildman–Crippen LogP) is 3.44. The Morgan fingerprint density at radius 1 is 1.06 bits per heavy atom. The Hall–Kier alpha value is -1.74. The first-order valence-corrected chi connectivity index (χ1v) is 6.73. The highest BCUT2D eigenvalue weighted by atomic mass is 32.2. The highest BCUT2D eigenvalue weighted by molar-refractivity contribution is 8.01. The van der Waals surface area contributed by atoms with Gasteiger partial charge in [0, 0.05) is 17.5 Å². The number of rotatable bonds is 2. The molecule has 2 aromatic rings. The first-order chi connectivity index (χ1) is 8.77. The van der Waals surface area contributed by atoms with Gasteiger partial charge in [0.25, 0.3) is 0 Å². The van der Waals surface area contributed by atoms with E-state index in [-0.39, 0.29) is 11.2 Å². The van der Waals surface area contributed by atoms with Gasteiger partial charge in [0.05, 0.1) is 5.69 Å². The second kappa shape index (κ2) is 4.50. The minimum Gasteiger partial charge on any atom is -0.355 e. The minimum absolute atomic E-state index is 0.148. The maximum Gasteiger partial charge on any atom is 0.195 e. The van der Waals surface area contributed by atoms with Gasteiger partial charge in [-0.3, -0.25) is 4.79 Å². The van der Waals surface area contributed by atoms with E-state index in [4.69, 9.17) is 0 Å². The van der Waals surface area contributed by atoms with Gasteiger partial charge in [-0.25, -0.2) is 0 Å². The van der Waals surface area contributed by atoms with E-state index in [1.54, 1.807) is 11.8 Å². The van der Waals surface area contributed by atoms with Crippen molar-refractivity contribution in [3.05, 3.63) is 60.2 Å². The molecule has 0 N–H and O–H groups in total. The van der Waals surface area contributed by atoms with E-state index < -0.39 is 0 Å². The van der Waals surface area contributed by atoms with Crippen LogP contribution in [0.1, 0.15) is 10.4 Å². The molecule has 1 unspecified atom stereocenters. The lowest BCUT2D eigenvalue weighted by Gasteiger charge is -2.20. The van der Waals surface area contributed by atoms with Crippen LogP contribution in [0.3, 0.4) is 0 Å². The van der Waals surface area contributed by atoms with E-state index in [2.05, 4.69) is 17.0 Å². The molecule has 90 valence electrons. The van der Waals surface area contributed by atoms with Crippen LogP contribution in [0.4, 0.5) is 5.69 Å². The van der Waals surface area contributed by atoms with Crippen molar-refractivity contribution >= 4 is 23.2 Å². The summed E-state index contributed by atoms with van der Waals surface area (Å²) in [4.78, 5) is 15.7. The Labute approximate surface area is 111 Å². The van der Waals surface area contributed by atoms with Crippen molar-refractivity contribution in [3.63, 3.8) is 0 Å². The topological polar surface area (TPSA) is 20.3 Å². The van der Waals surface area contributed by atoms with Gasteiger partial charge < -0.3 is 4.90 Å². The summed E-state index contributed by atoms with van der Waals surface area (Å²) in [6.45, 7) is 0. The van der Waals surface area contributed by atoms with Crippen LogP contribution < -0.4 is 4.90 Å². The van der Waals surface area contributed by atoms with Crippen LogP contribution in [0.15, 0.2) is 59.5 Å². The van der Waals surface area contributed by atoms with Crippen LogP contribution in [0, 0.1) is 0 Å². The van der Waals surface area contributed by atoms with E-state index in [0.29, 0.717) is 0 Å². The van der Waals surface area contributed by atoms with Crippen LogP contribution in [0.5, 0.6) is 0 Å². The van der Waals surface area contributed by atoms with Crippen molar-refractivity contribution in [2.75, 3.05) is 11.9 Å². The number of fused-ring (bicyclic) bond motifs is 1. The number of para-hydroxylation sites is 1. The minimum atomic E-state index is -0.148. The highest BCUT2D eigenvalue weighted by Crippen LogP contribution is 2.43. The second-order valence-electron chi connectivity index (χ2n) is 4.28. The molecule has 1 atom stereocenters. The van der Waals surface area contributed by atoms with Gasteiger partial charge in [-0.05, 0) is 12.1 Å². The molecular weight excluding hydrogens is 242 g/mol. The van der Waals surface area contributed by atoms with E-state index in [9.17, 15) is 4.79 Å². The summed E-state index contributed by atoms with van der Waals surface area (Å²) in [7, 11) is 1.98. The van der Waals surface area contributed by atoms with Gasteiger partial charge in [0.2, 0.25) is 0 Å². The number of thioether (sulfide) groups is 1. The lowest BCUT2D eigenvalue weighted by molar-refractivity contribution is 0.0990. The molecule has 0 amide bonds. The van der Waals surface area contributed by atoms with Crippen LogP contribution in [-0.4, -0.2) is 18.2 Å².